The molecule has 1 aliphatic heterocycles. The van der Waals surface area contributed by atoms with Crippen molar-refractivity contribution in [2.75, 3.05) is 13.1 Å². The van der Waals surface area contributed by atoms with E-state index < -0.39 is 0 Å². The zero-order chi connectivity index (χ0) is 10.9. The third-order valence-corrected chi connectivity index (χ3v) is 4.21. The third kappa shape index (κ3) is 2.73. The maximum absolute atomic E-state index is 6.31. The highest BCUT2D eigenvalue weighted by molar-refractivity contribution is 4.91. The number of nitrogens with zero attached hydrogens (tertiary/aromatic N) is 1. The minimum atomic E-state index is 0.432. The zero-order valence-electron chi connectivity index (χ0n) is 10.3. The number of rotatable bonds is 1. The van der Waals surface area contributed by atoms with Gasteiger partial charge in [-0.1, -0.05) is 33.1 Å². The maximum Gasteiger partial charge on any atom is 0.0247 e. The Bertz CT molecular complexity index is 213. The molecule has 1 heterocycles. The average molecular weight is 210 g/mol. The van der Waals surface area contributed by atoms with Gasteiger partial charge in [0.2, 0.25) is 0 Å². The lowest BCUT2D eigenvalue weighted by Crippen LogP contribution is -2.46. The van der Waals surface area contributed by atoms with Gasteiger partial charge in [0.05, 0.1) is 0 Å². The standard InChI is InChI=1S/C13H26N2/c1-13(2)8-9-15(10-13)12-7-5-3-4-6-11(12)14/h11-12H,3-10,14H2,1-2H3. The van der Waals surface area contributed by atoms with E-state index in [-0.39, 0.29) is 0 Å². The smallest absolute Gasteiger partial charge is 0.0247 e. The summed E-state index contributed by atoms with van der Waals surface area (Å²) in [6.07, 6.45) is 8.03. The first-order chi connectivity index (χ1) is 7.08. The van der Waals surface area contributed by atoms with Crippen molar-refractivity contribution in [2.45, 2.75) is 64.5 Å². The number of likely N-dealkylation sites (tertiary alicyclic amines) is 1. The van der Waals surface area contributed by atoms with Gasteiger partial charge in [0.15, 0.2) is 0 Å². The van der Waals surface area contributed by atoms with Crippen LogP contribution in [-0.2, 0) is 0 Å². The van der Waals surface area contributed by atoms with E-state index in [4.69, 9.17) is 5.73 Å². The lowest BCUT2D eigenvalue weighted by atomic mass is 9.93. The first-order valence-corrected chi connectivity index (χ1v) is 6.58. The van der Waals surface area contributed by atoms with E-state index in [0.717, 1.165) is 0 Å². The summed E-state index contributed by atoms with van der Waals surface area (Å²) in [5.41, 5.74) is 6.83. The normalized spacial score (nSPS) is 37.8. The fourth-order valence-corrected chi connectivity index (χ4v) is 3.21. The Balaban J connectivity index is 1.96. The number of nitrogens with two attached hydrogens (primary N) is 1. The van der Waals surface area contributed by atoms with Crippen LogP contribution in [0.4, 0.5) is 0 Å². The Morgan fingerprint density at radius 3 is 2.53 bits per heavy atom. The van der Waals surface area contributed by atoms with E-state index in [1.807, 2.05) is 0 Å². The summed E-state index contributed by atoms with van der Waals surface area (Å²) in [5.74, 6) is 0. The molecule has 2 aliphatic rings. The fraction of sp³-hybridized carbons (Fsp3) is 1.00. The Morgan fingerprint density at radius 1 is 1.13 bits per heavy atom. The molecule has 0 radical (unpaired) electrons. The van der Waals surface area contributed by atoms with E-state index in [2.05, 4.69) is 18.7 Å². The van der Waals surface area contributed by atoms with Crippen LogP contribution in [-0.4, -0.2) is 30.1 Å². The maximum atomic E-state index is 6.31. The minimum Gasteiger partial charge on any atom is -0.326 e. The van der Waals surface area contributed by atoms with Gasteiger partial charge < -0.3 is 5.73 Å². The van der Waals surface area contributed by atoms with Crippen molar-refractivity contribution >= 4 is 0 Å². The Morgan fingerprint density at radius 2 is 1.87 bits per heavy atom. The molecule has 0 aromatic carbocycles. The van der Waals surface area contributed by atoms with Crippen LogP contribution >= 0.6 is 0 Å². The second-order valence-corrected chi connectivity index (χ2v) is 6.25. The molecule has 2 fully saturated rings. The van der Waals surface area contributed by atoms with Crippen molar-refractivity contribution in [1.82, 2.24) is 4.90 Å². The summed E-state index contributed by atoms with van der Waals surface area (Å²) < 4.78 is 0. The van der Waals surface area contributed by atoms with E-state index in [9.17, 15) is 0 Å². The SMILES string of the molecule is CC1(C)CCN(C2CCCCCC2N)C1. The van der Waals surface area contributed by atoms with E-state index in [1.54, 1.807) is 0 Å². The highest BCUT2D eigenvalue weighted by Gasteiger charge is 2.35. The topological polar surface area (TPSA) is 29.3 Å². The van der Waals surface area contributed by atoms with Crippen molar-refractivity contribution in [1.29, 1.82) is 0 Å². The van der Waals surface area contributed by atoms with Crippen molar-refractivity contribution in [3.05, 3.63) is 0 Å². The van der Waals surface area contributed by atoms with Crippen molar-refractivity contribution in [2.24, 2.45) is 11.1 Å². The monoisotopic (exact) mass is 210 g/mol. The summed E-state index contributed by atoms with van der Waals surface area (Å²) in [6, 6.07) is 1.11. The van der Waals surface area contributed by atoms with Crippen LogP contribution in [0, 0.1) is 5.41 Å². The predicted molar refractivity (Wildman–Crippen MR) is 64.8 cm³/mol. The highest BCUT2D eigenvalue weighted by atomic mass is 15.2. The molecule has 1 saturated heterocycles. The second kappa shape index (κ2) is 4.42. The molecule has 0 bridgehead atoms. The van der Waals surface area contributed by atoms with Gasteiger partial charge in [-0.05, 0) is 31.2 Å². The highest BCUT2D eigenvalue weighted by Crippen LogP contribution is 2.33. The van der Waals surface area contributed by atoms with Crippen molar-refractivity contribution in [3.63, 3.8) is 0 Å². The van der Waals surface area contributed by atoms with Gasteiger partial charge in [0.1, 0.15) is 0 Å². The van der Waals surface area contributed by atoms with Crippen LogP contribution in [0.1, 0.15) is 52.4 Å². The summed E-state index contributed by atoms with van der Waals surface area (Å²) in [4.78, 5) is 2.66. The quantitative estimate of drug-likeness (QED) is 0.673. The molecular formula is C13H26N2. The second-order valence-electron chi connectivity index (χ2n) is 6.25. The number of hydrogen-bond donors (Lipinski definition) is 1. The summed E-state index contributed by atoms with van der Waals surface area (Å²) in [7, 11) is 0. The Hall–Kier alpha value is -0.0800. The molecule has 2 atom stereocenters. The predicted octanol–water partition coefficient (Wildman–Crippen LogP) is 2.38. The Labute approximate surface area is 94.2 Å². The summed E-state index contributed by atoms with van der Waals surface area (Å²) >= 11 is 0. The van der Waals surface area contributed by atoms with Gasteiger partial charge in [0.25, 0.3) is 0 Å². The minimum absolute atomic E-state index is 0.432. The molecule has 0 amide bonds. The van der Waals surface area contributed by atoms with Crippen molar-refractivity contribution in [3.8, 4) is 0 Å². The van der Waals surface area contributed by atoms with Crippen LogP contribution in [0.3, 0.4) is 0 Å². The molecule has 2 rings (SSSR count). The van der Waals surface area contributed by atoms with Gasteiger partial charge in [-0.3, -0.25) is 4.90 Å². The zero-order valence-corrected chi connectivity index (χ0v) is 10.3. The van der Waals surface area contributed by atoms with Gasteiger partial charge in [-0.15, -0.1) is 0 Å². The molecule has 2 nitrogen and oxygen atoms in total. The molecule has 15 heavy (non-hydrogen) atoms. The first kappa shape index (κ1) is 11.4. The van der Waals surface area contributed by atoms with Gasteiger partial charge >= 0.3 is 0 Å². The molecule has 2 unspecified atom stereocenters. The largest absolute Gasteiger partial charge is 0.326 e. The molecule has 88 valence electrons. The Kier molecular flexibility index (Phi) is 3.36. The van der Waals surface area contributed by atoms with Crippen molar-refractivity contribution < 1.29 is 0 Å². The van der Waals surface area contributed by atoms with E-state index in [0.29, 0.717) is 17.5 Å². The van der Waals surface area contributed by atoms with Gasteiger partial charge in [-0.2, -0.15) is 0 Å². The lowest BCUT2D eigenvalue weighted by molar-refractivity contribution is 0.181. The average Bonchev–Trinajstić information content (AvgIpc) is 2.39. The van der Waals surface area contributed by atoms with E-state index in [1.165, 1.54) is 51.6 Å². The van der Waals surface area contributed by atoms with Crippen LogP contribution in [0.25, 0.3) is 0 Å². The fourth-order valence-electron chi connectivity index (χ4n) is 3.21. The number of hydrogen-bond acceptors (Lipinski definition) is 2. The van der Waals surface area contributed by atoms with Crippen LogP contribution in [0.2, 0.25) is 0 Å². The van der Waals surface area contributed by atoms with Gasteiger partial charge in [-0.25, -0.2) is 0 Å². The molecule has 0 aromatic heterocycles. The molecule has 2 heteroatoms. The molecule has 1 aliphatic carbocycles. The molecule has 2 N–H and O–H groups in total. The summed E-state index contributed by atoms with van der Waals surface area (Å²) in [5, 5.41) is 0. The van der Waals surface area contributed by atoms with Crippen LogP contribution in [0.15, 0.2) is 0 Å². The third-order valence-electron chi connectivity index (χ3n) is 4.21. The lowest BCUT2D eigenvalue weighted by Gasteiger charge is -2.32. The molecule has 0 spiro atoms. The molecular weight excluding hydrogens is 184 g/mol. The van der Waals surface area contributed by atoms with Crippen LogP contribution in [0.5, 0.6) is 0 Å². The first-order valence-electron chi connectivity index (χ1n) is 6.58. The molecule has 0 aromatic rings. The van der Waals surface area contributed by atoms with E-state index >= 15 is 0 Å². The molecule has 1 saturated carbocycles. The summed E-state index contributed by atoms with van der Waals surface area (Å²) in [6.45, 7) is 7.29. The van der Waals surface area contributed by atoms with Crippen LogP contribution < -0.4 is 5.73 Å². The van der Waals surface area contributed by atoms with Gasteiger partial charge in [0, 0.05) is 18.6 Å².